The molecule has 0 heterocycles. The molecular weight excluding hydrogens is 176 g/mol. The number of hydrogen-bond donors (Lipinski definition) is 1. The second-order valence-electron chi connectivity index (χ2n) is 2.22. The van der Waals surface area contributed by atoms with Crippen molar-refractivity contribution in [2.75, 3.05) is 13.2 Å². The van der Waals surface area contributed by atoms with Crippen molar-refractivity contribution in [3.63, 3.8) is 0 Å². The van der Waals surface area contributed by atoms with Crippen molar-refractivity contribution in [3.05, 3.63) is 12.7 Å². The number of carbonyl (C=O) groups is 2. The number of carboxylic acid groups (broad SMARTS) is 1. The first kappa shape index (κ1) is 11.6. The summed E-state index contributed by atoms with van der Waals surface area (Å²) in [7, 11) is 0. The minimum absolute atomic E-state index is 0.0302. The van der Waals surface area contributed by atoms with Gasteiger partial charge in [0.1, 0.15) is 6.61 Å². The van der Waals surface area contributed by atoms with Crippen LogP contribution >= 0.6 is 0 Å². The molecule has 1 N–H and O–H groups in total. The molecule has 0 aromatic carbocycles. The molecule has 0 saturated heterocycles. The van der Waals surface area contributed by atoms with Crippen molar-refractivity contribution in [2.45, 2.75) is 13.0 Å². The molecule has 0 radical (unpaired) electrons. The lowest BCUT2D eigenvalue weighted by atomic mass is 10.4. The first-order valence-electron chi connectivity index (χ1n) is 3.71. The SMILES string of the molecule is C=CC(=O)OCCOC(C)C(=O)O. The summed E-state index contributed by atoms with van der Waals surface area (Å²) in [6.45, 7) is 4.69. The predicted octanol–water partition coefficient (Wildman–Crippen LogP) is 0.205. The summed E-state index contributed by atoms with van der Waals surface area (Å²) in [6, 6.07) is 0. The van der Waals surface area contributed by atoms with Gasteiger partial charge in [-0.3, -0.25) is 0 Å². The second-order valence-corrected chi connectivity index (χ2v) is 2.22. The van der Waals surface area contributed by atoms with Gasteiger partial charge in [-0.1, -0.05) is 6.58 Å². The van der Waals surface area contributed by atoms with Crippen LogP contribution in [0, 0.1) is 0 Å². The molecule has 1 unspecified atom stereocenters. The molecule has 0 aliphatic heterocycles. The van der Waals surface area contributed by atoms with Gasteiger partial charge in [-0.15, -0.1) is 0 Å². The van der Waals surface area contributed by atoms with E-state index in [2.05, 4.69) is 11.3 Å². The van der Waals surface area contributed by atoms with Crippen molar-refractivity contribution < 1.29 is 24.2 Å². The van der Waals surface area contributed by atoms with Gasteiger partial charge in [-0.2, -0.15) is 0 Å². The molecule has 1 atom stereocenters. The van der Waals surface area contributed by atoms with E-state index in [1.807, 2.05) is 0 Å². The molecule has 74 valence electrons. The fourth-order valence-electron chi connectivity index (χ4n) is 0.497. The lowest BCUT2D eigenvalue weighted by Gasteiger charge is -2.07. The van der Waals surface area contributed by atoms with E-state index in [-0.39, 0.29) is 13.2 Å². The Labute approximate surface area is 75.9 Å². The zero-order chi connectivity index (χ0) is 10.3. The van der Waals surface area contributed by atoms with Crippen LogP contribution in [0.5, 0.6) is 0 Å². The van der Waals surface area contributed by atoms with E-state index < -0.39 is 18.0 Å². The maximum absolute atomic E-state index is 10.5. The van der Waals surface area contributed by atoms with Crippen LogP contribution in [0.3, 0.4) is 0 Å². The Bertz CT molecular complexity index is 199. The number of esters is 1. The average Bonchev–Trinajstić information content (AvgIpc) is 2.11. The van der Waals surface area contributed by atoms with Gasteiger partial charge < -0.3 is 14.6 Å². The first-order valence-corrected chi connectivity index (χ1v) is 3.71. The Morgan fingerprint density at radius 2 is 2.15 bits per heavy atom. The summed E-state index contributed by atoms with van der Waals surface area (Å²) in [5.41, 5.74) is 0. The Morgan fingerprint density at radius 1 is 1.54 bits per heavy atom. The zero-order valence-corrected chi connectivity index (χ0v) is 7.36. The van der Waals surface area contributed by atoms with Crippen molar-refractivity contribution in [1.82, 2.24) is 0 Å². The molecule has 0 spiro atoms. The molecule has 0 aliphatic rings. The average molecular weight is 188 g/mol. The lowest BCUT2D eigenvalue weighted by molar-refractivity contribution is -0.151. The molecule has 0 fully saturated rings. The zero-order valence-electron chi connectivity index (χ0n) is 7.36. The summed E-state index contributed by atoms with van der Waals surface area (Å²) >= 11 is 0. The first-order chi connectivity index (χ1) is 6.07. The molecule has 0 aromatic heterocycles. The molecule has 5 heteroatoms. The van der Waals surface area contributed by atoms with Crippen LogP contribution in [-0.4, -0.2) is 36.4 Å². The molecule has 5 nitrogen and oxygen atoms in total. The Hall–Kier alpha value is -1.36. The molecule has 13 heavy (non-hydrogen) atoms. The Morgan fingerprint density at radius 3 is 2.62 bits per heavy atom. The summed E-state index contributed by atoms with van der Waals surface area (Å²) in [5.74, 6) is -1.60. The van der Waals surface area contributed by atoms with Crippen LogP contribution < -0.4 is 0 Å². The highest BCUT2D eigenvalue weighted by molar-refractivity contribution is 5.81. The third kappa shape index (κ3) is 5.86. The maximum atomic E-state index is 10.5. The molecule has 0 saturated carbocycles. The number of carboxylic acids is 1. The van der Waals surface area contributed by atoms with Gasteiger partial charge in [0.25, 0.3) is 0 Å². The smallest absolute Gasteiger partial charge is 0.332 e. The molecule has 0 bridgehead atoms. The van der Waals surface area contributed by atoms with Crippen LogP contribution in [0.2, 0.25) is 0 Å². The quantitative estimate of drug-likeness (QED) is 0.366. The molecule has 0 aromatic rings. The molecule has 0 aliphatic carbocycles. The fourth-order valence-corrected chi connectivity index (χ4v) is 0.497. The summed E-state index contributed by atoms with van der Waals surface area (Å²) < 4.78 is 9.33. The highest BCUT2D eigenvalue weighted by Gasteiger charge is 2.10. The molecular formula is C8H12O5. The summed E-state index contributed by atoms with van der Waals surface area (Å²) in [5, 5.41) is 8.39. The predicted molar refractivity (Wildman–Crippen MR) is 44.2 cm³/mol. The number of ether oxygens (including phenoxy) is 2. The summed E-state index contributed by atoms with van der Waals surface area (Å²) in [6.07, 6.45) is 0.142. The monoisotopic (exact) mass is 188 g/mol. The van der Waals surface area contributed by atoms with Gasteiger partial charge in [0.15, 0.2) is 6.10 Å². The minimum Gasteiger partial charge on any atom is -0.479 e. The fraction of sp³-hybridized carbons (Fsp3) is 0.500. The normalized spacial score (nSPS) is 11.8. The van der Waals surface area contributed by atoms with Gasteiger partial charge in [-0.25, -0.2) is 9.59 Å². The molecule has 0 rings (SSSR count). The lowest BCUT2D eigenvalue weighted by Crippen LogP contribution is -2.22. The minimum atomic E-state index is -1.05. The number of aliphatic carboxylic acids is 1. The van der Waals surface area contributed by atoms with Crippen molar-refractivity contribution in [3.8, 4) is 0 Å². The highest BCUT2D eigenvalue weighted by Crippen LogP contribution is 1.90. The van der Waals surface area contributed by atoms with Gasteiger partial charge in [0.2, 0.25) is 0 Å². The van der Waals surface area contributed by atoms with Gasteiger partial charge in [-0.05, 0) is 6.92 Å². The van der Waals surface area contributed by atoms with E-state index in [4.69, 9.17) is 9.84 Å². The van der Waals surface area contributed by atoms with Gasteiger partial charge >= 0.3 is 11.9 Å². The number of carbonyl (C=O) groups excluding carboxylic acids is 1. The second kappa shape index (κ2) is 6.19. The third-order valence-corrected chi connectivity index (χ3v) is 1.21. The standard InChI is InChI=1S/C8H12O5/c1-3-7(9)13-5-4-12-6(2)8(10)11/h3,6H,1,4-5H2,2H3,(H,10,11). The highest BCUT2D eigenvalue weighted by atomic mass is 16.6. The Balaban J connectivity index is 3.40. The maximum Gasteiger partial charge on any atom is 0.332 e. The van der Waals surface area contributed by atoms with Crippen LogP contribution in [-0.2, 0) is 19.1 Å². The van der Waals surface area contributed by atoms with Crippen LogP contribution in [0.25, 0.3) is 0 Å². The number of hydrogen-bond acceptors (Lipinski definition) is 4. The van der Waals surface area contributed by atoms with Crippen molar-refractivity contribution in [1.29, 1.82) is 0 Å². The largest absolute Gasteiger partial charge is 0.479 e. The van der Waals surface area contributed by atoms with Crippen LogP contribution in [0.4, 0.5) is 0 Å². The van der Waals surface area contributed by atoms with Gasteiger partial charge in [0.05, 0.1) is 6.61 Å². The van der Waals surface area contributed by atoms with Gasteiger partial charge in [0, 0.05) is 6.08 Å². The van der Waals surface area contributed by atoms with E-state index in [1.165, 1.54) is 6.92 Å². The van der Waals surface area contributed by atoms with E-state index in [9.17, 15) is 9.59 Å². The van der Waals surface area contributed by atoms with Crippen LogP contribution in [0.1, 0.15) is 6.92 Å². The van der Waals surface area contributed by atoms with Crippen LogP contribution in [0.15, 0.2) is 12.7 Å². The van der Waals surface area contributed by atoms with Crippen molar-refractivity contribution in [2.24, 2.45) is 0 Å². The topological polar surface area (TPSA) is 72.8 Å². The van der Waals surface area contributed by atoms with E-state index >= 15 is 0 Å². The third-order valence-electron chi connectivity index (χ3n) is 1.21. The number of rotatable bonds is 6. The van der Waals surface area contributed by atoms with E-state index in [0.29, 0.717) is 0 Å². The van der Waals surface area contributed by atoms with Crippen molar-refractivity contribution >= 4 is 11.9 Å². The van der Waals surface area contributed by atoms with E-state index in [0.717, 1.165) is 6.08 Å². The Kier molecular flexibility index (Phi) is 5.54. The summed E-state index contributed by atoms with van der Waals surface area (Å²) in [4.78, 5) is 20.7. The van der Waals surface area contributed by atoms with E-state index in [1.54, 1.807) is 0 Å². The molecule has 0 amide bonds.